The zero-order chi connectivity index (χ0) is 13.1. The molecule has 2 aromatic rings. The number of hydrogen-bond acceptors (Lipinski definition) is 2. The third kappa shape index (κ3) is 2.68. The summed E-state index contributed by atoms with van der Waals surface area (Å²) >= 11 is 0. The smallest absolute Gasteiger partial charge is 0.168 e. The summed E-state index contributed by atoms with van der Waals surface area (Å²) in [4.78, 5) is 0. The first-order chi connectivity index (χ1) is 8.58. The normalized spacial score (nSPS) is 12.2. The zero-order valence-corrected chi connectivity index (χ0v) is 10.4. The molecule has 0 radical (unpaired) electrons. The average molecular weight is 246 g/mol. The molecule has 94 valence electrons. The first-order valence-electron chi connectivity index (χ1n) is 5.79. The minimum absolute atomic E-state index is 0.0800. The number of hydrogen-bond donors (Lipinski definition) is 1. The van der Waals surface area contributed by atoms with Crippen molar-refractivity contribution >= 4 is 0 Å². The molecule has 0 aromatic heterocycles. The fourth-order valence-corrected chi connectivity index (χ4v) is 1.69. The van der Waals surface area contributed by atoms with Gasteiger partial charge in [0.1, 0.15) is 5.75 Å². The fourth-order valence-electron chi connectivity index (χ4n) is 1.69. The highest BCUT2D eigenvalue weighted by Crippen LogP contribution is 2.32. The first kappa shape index (κ1) is 12.6. The highest BCUT2D eigenvalue weighted by atomic mass is 19.1. The van der Waals surface area contributed by atoms with E-state index in [1.807, 2.05) is 19.1 Å². The van der Waals surface area contributed by atoms with Crippen LogP contribution in [0.4, 0.5) is 4.39 Å². The van der Waals surface area contributed by atoms with Gasteiger partial charge in [0, 0.05) is 5.56 Å². The predicted molar refractivity (Wildman–Crippen MR) is 68.3 cm³/mol. The van der Waals surface area contributed by atoms with Gasteiger partial charge in [-0.3, -0.25) is 0 Å². The molecule has 0 spiro atoms. The van der Waals surface area contributed by atoms with Crippen LogP contribution >= 0.6 is 0 Å². The maximum atomic E-state index is 13.7. The average Bonchev–Trinajstić information content (AvgIpc) is 2.34. The van der Waals surface area contributed by atoms with Crippen LogP contribution < -0.4 is 4.74 Å². The van der Waals surface area contributed by atoms with E-state index in [0.29, 0.717) is 11.3 Å². The summed E-state index contributed by atoms with van der Waals surface area (Å²) in [5.74, 6) is 0.151. The number of aryl methyl sites for hydroxylation is 1. The Balaban J connectivity index is 2.36. The Hall–Kier alpha value is -1.87. The molecule has 0 saturated carbocycles. The van der Waals surface area contributed by atoms with Gasteiger partial charge in [0.2, 0.25) is 0 Å². The van der Waals surface area contributed by atoms with Crippen LogP contribution in [-0.4, -0.2) is 5.11 Å². The van der Waals surface area contributed by atoms with E-state index in [0.717, 1.165) is 5.56 Å². The molecule has 0 saturated heterocycles. The Kier molecular flexibility index (Phi) is 3.63. The maximum Gasteiger partial charge on any atom is 0.168 e. The van der Waals surface area contributed by atoms with Gasteiger partial charge in [0.15, 0.2) is 11.6 Å². The van der Waals surface area contributed by atoms with E-state index in [1.54, 1.807) is 31.2 Å². The molecule has 0 fully saturated rings. The van der Waals surface area contributed by atoms with Gasteiger partial charge in [0.25, 0.3) is 0 Å². The van der Waals surface area contributed by atoms with Crippen LogP contribution in [0, 0.1) is 12.7 Å². The second-order valence-corrected chi connectivity index (χ2v) is 4.25. The highest BCUT2D eigenvalue weighted by Gasteiger charge is 2.14. The highest BCUT2D eigenvalue weighted by molar-refractivity contribution is 5.40. The van der Waals surface area contributed by atoms with Gasteiger partial charge in [0.05, 0.1) is 6.10 Å². The second-order valence-electron chi connectivity index (χ2n) is 4.25. The molecule has 0 heterocycles. The molecule has 0 aliphatic rings. The maximum absolute atomic E-state index is 13.7. The quantitative estimate of drug-likeness (QED) is 0.887. The summed E-state index contributed by atoms with van der Waals surface area (Å²) in [5, 5.41) is 9.60. The van der Waals surface area contributed by atoms with Crippen LogP contribution in [0.25, 0.3) is 0 Å². The molecule has 1 atom stereocenters. The molecule has 0 aliphatic heterocycles. The number of aliphatic hydroxyl groups excluding tert-OH is 1. The Labute approximate surface area is 106 Å². The van der Waals surface area contributed by atoms with Crippen LogP contribution in [0.2, 0.25) is 0 Å². The molecular formula is C15H15FO2. The number of aliphatic hydroxyl groups is 1. The standard InChI is InChI=1S/C15H15FO2/c1-10-6-8-12(9-7-10)18-15-13(11(2)17)4-3-5-14(15)16/h3-9,11,17H,1-2H3. The van der Waals surface area contributed by atoms with Gasteiger partial charge < -0.3 is 9.84 Å². The summed E-state index contributed by atoms with van der Waals surface area (Å²) in [5.41, 5.74) is 1.54. The van der Waals surface area contributed by atoms with Gasteiger partial charge >= 0.3 is 0 Å². The lowest BCUT2D eigenvalue weighted by Crippen LogP contribution is -1.98. The van der Waals surface area contributed by atoms with Gasteiger partial charge in [-0.25, -0.2) is 4.39 Å². The largest absolute Gasteiger partial charge is 0.454 e. The van der Waals surface area contributed by atoms with Crippen LogP contribution in [-0.2, 0) is 0 Å². The molecule has 2 aromatic carbocycles. The zero-order valence-electron chi connectivity index (χ0n) is 10.4. The Morgan fingerprint density at radius 2 is 1.78 bits per heavy atom. The van der Waals surface area contributed by atoms with E-state index in [1.165, 1.54) is 6.07 Å². The van der Waals surface area contributed by atoms with Crippen LogP contribution in [0.1, 0.15) is 24.2 Å². The molecule has 1 N–H and O–H groups in total. The lowest BCUT2D eigenvalue weighted by Gasteiger charge is -2.13. The van der Waals surface area contributed by atoms with Crippen molar-refractivity contribution in [3.05, 3.63) is 59.4 Å². The van der Waals surface area contributed by atoms with E-state index in [2.05, 4.69) is 0 Å². The number of rotatable bonds is 3. The van der Waals surface area contributed by atoms with Crippen LogP contribution in [0.3, 0.4) is 0 Å². The Bertz CT molecular complexity index is 533. The topological polar surface area (TPSA) is 29.5 Å². The second kappa shape index (κ2) is 5.19. The van der Waals surface area contributed by atoms with Crippen molar-refractivity contribution in [1.29, 1.82) is 0 Å². The third-order valence-electron chi connectivity index (χ3n) is 2.69. The van der Waals surface area contributed by atoms with Gasteiger partial charge in [-0.15, -0.1) is 0 Å². The van der Waals surface area contributed by atoms with Crippen molar-refractivity contribution in [2.45, 2.75) is 20.0 Å². The van der Waals surface area contributed by atoms with Crippen LogP contribution in [0.5, 0.6) is 11.5 Å². The van der Waals surface area contributed by atoms with E-state index in [4.69, 9.17) is 4.74 Å². The molecule has 18 heavy (non-hydrogen) atoms. The van der Waals surface area contributed by atoms with Crippen molar-refractivity contribution in [1.82, 2.24) is 0 Å². The molecular weight excluding hydrogens is 231 g/mol. The predicted octanol–water partition coefficient (Wildman–Crippen LogP) is 3.98. The number of para-hydroxylation sites is 1. The van der Waals surface area contributed by atoms with E-state index in [9.17, 15) is 9.50 Å². The molecule has 2 rings (SSSR count). The SMILES string of the molecule is Cc1ccc(Oc2c(F)cccc2C(C)O)cc1. The van der Waals surface area contributed by atoms with Crippen LogP contribution in [0.15, 0.2) is 42.5 Å². The van der Waals surface area contributed by atoms with Gasteiger partial charge in [-0.1, -0.05) is 29.8 Å². The van der Waals surface area contributed by atoms with E-state index in [-0.39, 0.29) is 5.75 Å². The summed E-state index contributed by atoms with van der Waals surface area (Å²) in [6, 6.07) is 11.8. The minimum atomic E-state index is -0.777. The minimum Gasteiger partial charge on any atom is -0.454 e. The molecule has 1 unspecified atom stereocenters. The van der Waals surface area contributed by atoms with Crippen molar-refractivity contribution in [3.8, 4) is 11.5 Å². The van der Waals surface area contributed by atoms with Crippen molar-refractivity contribution in [2.24, 2.45) is 0 Å². The van der Waals surface area contributed by atoms with Crippen molar-refractivity contribution in [2.75, 3.05) is 0 Å². The lowest BCUT2D eigenvalue weighted by atomic mass is 10.1. The summed E-state index contributed by atoms with van der Waals surface area (Å²) < 4.78 is 19.3. The molecule has 0 bridgehead atoms. The summed E-state index contributed by atoms with van der Waals surface area (Å²) in [6.07, 6.45) is -0.777. The monoisotopic (exact) mass is 246 g/mol. The van der Waals surface area contributed by atoms with Gasteiger partial charge in [-0.2, -0.15) is 0 Å². The Morgan fingerprint density at radius 3 is 2.39 bits per heavy atom. The molecule has 3 heteroatoms. The van der Waals surface area contributed by atoms with Crippen molar-refractivity contribution < 1.29 is 14.2 Å². The number of ether oxygens (including phenoxy) is 1. The van der Waals surface area contributed by atoms with E-state index >= 15 is 0 Å². The summed E-state index contributed by atoms with van der Waals surface area (Å²) in [6.45, 7) is 3.55. The number of halogens is 1. The Morgan fingerprint density at radius 1 is 1.11 bits per heavy atom. The first-order valence-corrected chi connectivity index (χ1v) is 5.79. The lowest BCUT2D eigenvalue weighted by molar-refractivity contribution is 0.194. The van der Waals surface area contributed by atoms with Crippen molar-refractivity contribution in [3.63, 3.8) is 0 Å². The molecule has 2 nitrogen and oxygen atoms in total. The number of benzene rings is 2. The fraction of sp³-hybridized carbons (Fsp3) is 0.200. The third-order valence-corrected chi connectivity index (χ3v) is 2.69. The molecule has 0 amide bonds. The summed E-state index contributed by atoms with van der Waals surface area (Å²) in [7, 11) is 0. The van der Waals surface area contributed by atoms with Gasteiger partial charge in [-0.05, 0) is 32.0 Å². The molecule has 0 aliphatic carbocycles. The van der Waals surface area contributed by atoms with E-state index < -0.39 is 11.9 Å².